The second kappa shape index (κ2) is 4.22. The summed E-state index contributed by atoms with van der Waals surface area (Å²) < 4.78 is 5.31. The zero-order valence-electron chi connectivity index (χ0n) is 11.9. The first kappa shape index (κ1) is 12.5. The van der Waals surface area contributed by atoms with E-state index in [4.69, 9.17) is 4.74 Å². The molecule has 0 atom stereocenters. The van der Waals surface area contributed by atoms with Gasteiger partial charge in [0.1, 0.15) is 5.75 Å². The zero-order valence-corrected chi connectivity index (χ0v) is 11.9. The van der Waals surface area contributed by atoms with Crippen molar-refractivity contribution in [1.82, 2.24) is 0 Å². The van der Waals surface area contributed by atoms with Crippen LogP contribution in [0.1, 0.15) is 44.2 Å². The lowest BCUT2D eigenvalue weighted by atomic mass is 9.66. The van der Waals surface area contributed by atoms with Crippen molar-refractivity contribution >= 4 is 11.4 Å². The summed E-state index contributed by atoms with van der Waals surface area (Å²) in [6, 6.07) is 6.12. The molecule has 1 aromatic rings. The third-order valence-corrected chi connectivity index (χ3v) is 4.61. The van der Waals surface area contributed by atoms with Crippen LogP contribution in [0.2, 0.25) is 0 Å². The highest BCUT2D eigenvalue weighted by molar-refractivity contribution is 6.23. The van der Waals surface area contributed by atoms with Crippen LogP contribution in [0.3, 0.4) is 0 Å². The summed E-state index contributed by atoms with van der Waals surface area (Å²) in [5.74, 6) is 1.15. The van der Waals surface area contributed by atoms with E-state index >= 15 is 0 Å². The monoisotopic (exact) mass is 256 g/mol. The molecule has 0 N–H and O–H groups in total. The first-order valence-electron chi connectivity index (χ1n) is 6.97. The van der Waals surface area contributed by atoms with Gasteiger partial charge in [0.2, 0.25) is 0 Å². The molecular weight excluding hydrogens is 236 g/mol. The smallest absolute Gasteiger partial charge is 0.163 e. The van der Waals surface area contributed by atoms with Gasteiger partial charge in [0, 0.05) is 12.0 Å². The average Bonchev–Trinajstić information content (AvgIpc) is 2.41. The predicted molar refractivity (Wildman–Crippen MR) is 76.3 cm³/mol. The maximum absolute atomic E-state index is 12.4. The summed E-state index contributed by atoms with van der Waals surface area (Å²) in [5, 5.41) is 0. The Morgan fingerprint density at radius 2 is 1.95 bits per heavy atom. The van der Waals surface area contributed by atoms with Gasteiger partial charge in [-0.2, -0.15) is 0 Å². The van der Waals surface area contributed by atoms with Crippen molar-refractivity contribution in [3.05, 3.63) is 34.9 Å². The summed E-state index contributed by atoms with van der Waals surface area (Å²) in [4.78, 5) is 12.4. The molecule has 0 saturated heterocycles. The van der Waals surface area contributed by atoms with E-state index in [1.165, 1.54) is 11.1 Å². The number of carbonyl (C=O) groups is 1. The molecule has 0 saturated carbocycles. The van der Waals surface area contributed by atoms with Crippen molar-refractivity contribution in [2.24, 2.45) is 5.41 Å². The molecule has 2 aliphatic rings. The summed E-state index contributed by atoms with van der Waals surface area (Å²) in [6.07, 6.45) is 3.70. The van der Waals surface area contributed by atoms with Crippen molar-refractivity contribution in [3.63, 3.8) is 0 Å². The summed E-state index contributed by atoms with van der Waals surface area (Å²) in [6.45, 7) is 4.53. The Morgan fingerprint density at radius 3 is 2.68 bits per heavy atom. The molecule has 0 radical (unpaired) electrons. The lowest BCUT2D eigenvalue weighted by Crippen LogP contribution is -2.28. The number of hydrogen-bond donors (Lipinski definition) is 0. The molecule has 0 bridgehead atoms. The van der Waals surface area contributed by atoms with Gasteiger partial charge >= 0.3 is 0 Å². The van der Waals surface area contributed by atoms with Crippen LogP contribution in [0.15, 0.2) is 23.8 Å². The van der Waals surface area contributed by atoms with Crippen molar-refractivity contribution in [2.75, 3.05) is 7.11 Å². The fraction of sp³-hybridized carbons (Fsp3) is 0.471. The number of allylic oxidation sites excluding steroid dienone is 2. The van der Waals surface area contributed by atoms with Gasteiger partial charge in [-0.3, -0.25) is 4.79 Å². The second-order valence-electron chi connectivity index (χ2n) is 6.18. The number of ketones is 1. The van der Waals surface area contributed by atoms with E-state index in [0.29, 0.717) is 12.2 Å². The Bertz CT molecular complexity index is 579. The number of methoxy groups -OCH3 is 1. The number of Topliss-reactive ketones (excluding diaryl/α,β-unsaturated/α-hetero) is 1. The van der Waals surface area contributed by atoms with Crippen LogP contribution in [0.5, 0.6) is 5.75 Å². The number of ether oxygens (including phenoxy) is 1. The van der Waals surface area contributed by atoms with E-state index in [1.54, 1.807) is 7.11 Å². The number of aryl methyl sites for hydroxylation is 1. The van der Waals surface area contributed by atoms with Crippen LogP contribution < -0.4 is 4.74 Å². The Balaban J connectivity index is 2.22. The predicted octanol–water partition coefficient (Wildman–Crippen LogP) is 3.78. The van der Waals surface area contributed by atoms with E-state index < -0.39 is 0 Å². The van der Waals surface area contributed by atoms with Crippen LogP contribution in [0, 0.1) is 5.41 Å². The Kier molecular flexibility index (Phi) is 2.77. The minimum Gasteiger partial charge on any atom is -0.497 e. The van der Waals surface area contributed by atoms with Crippen LogP contribution in [-0.4, -0.2) is 12.9 Å². The molecule has 0 aliphatic heterocycles. The molecule has 0 amide bonds. The topological polar surface area (TPSA) is 26.3 Å². The van der Waals surface area contributed by atoms with Gasteiger partial charge in [0.05, 0.1) is 7.11 Å². The molecule has 2 nitrogen and oxygen atoms in total. The third-order valence-electron chi connectivity index (χ3n) is 4.61. The molecule has 2 heteroatoms. The molecule has 2 aliphatic carbocycles. The number of rotatable bonds is 1. The van der Waals surface area contributed by atoms with Crippen molar-refractivity contribution < 1.29 is 9.53 Å². The van der Waals surface area contributed by atoms with Gasteiger partial charge in [-0.05, 0) is 47.9 Å². The third kappa shape index (κ3) is 1.90. The minimum absolute atomic E-state index is 0.157. The lowest BCUT2D eigenvalue weighted by molar-refractivity contribution is -0.114. The van der Waals surface area contributed by atoms with E-state index in [9.17, 15) is 4.79 Å². The van der Waals surface area contributed by atoms with Gasteiger partial charge in [-0.15, -0.1) is 0 Å². The standard InChI is InChI=1S/C17H20O2/c1-17(2)9-8-15(18)16-13-10-12(19-3)6-4-11(13)5-7-14(16)17/h4,6,10H,5,7-9H2,1-3H3. The number of carbonyl (C=O) groups excluding carboxylic acids is 1. The fourth-order valence-electron chi connectivity index (χ4n) is 3.38. The summed E-state index contributed by atoms with van der Waals surface area (Å²) in [7, 11) is 1.67. The molecule has 0 spiro atoms. The van der Waals surface area contributed by atoms with Crippen molar-refractivity contribution in [1.29, 1.82) is 0 Å². The molecule has 0 heterocycles. The SMILES string of the molecule is COc1ccc2c(c1)C1=C(CC2)C(C)(C)CCC1=O. The van der Waals surface area contributed by atoms with Crippen molar-refractivity contribution in [2.45, 2.75) is 39.5 Å². The average molecular weight is 256 g/mol. The van der Waals surface area contributed by atoms with E-state index in [-0.39, 0.29) is 5.41 Å². The highest BCUT2D eigenvalue weighted by Crippen LogP contribution is 2.47. The van der Waals surface area contributed by atoms with Crippen LogP contribution in [-0.2, 0) is 11.2 Å². The summed E-state index contributed by atoms with van der Waals surface area (Å²) >= 11 is 0. The van der Waals surface area contributed by atoms with E-state index in [2.05, 4.69) is 19.9 Å². The minimum atomic E-state index is 0.157. The normalized spacial score (nSPS) is 20.9. The lowest BCUT2D eigenvalue weighted by Gasteiger charge is -2.37. The molecule has 1 aromatic carbocycles. The maximum atomic E-state index is 12.4. The Hall–Kier alpha value is -1.57. The van der Waals surface area contributed by atoms with Gasteiger partial charge in [0.15, 0.2) is 5.78 Å². The molecule has 3 rings (SSSR count). The zero-order chi connectivity index (χ0) is 13.6. The molecular formula is C17H20O2. The quantitative estimate of drug-likeness (QED) is 0.764. The Morgan fingerprint density at radius 1 is 1.16 bits per heavy atom. The van der Waals surface area contributed by atoms with Crippen LogP contribution >= 0.6 is 0 Å². The van der Waals surface area contributed by atoms with Gasteiger partial charge in [-0.1, -0.05) is 25.5 Å². The van der Waals surface area contributed by atoms with E-state index in [0.717, 1.165) is 36.1 Å². The van der Waals surface area contributed by atoms with Crippen molar-refractivity contribution in [3.8, 4) is 5.75 Å². The fourth-order valence-corrected chi connectivity index (χ4v) is 3.38. The van der Waals surface area contributed by atoms with Gasteiger partial charge in [-0.25, -0.2) is 0 Å². The number of fused-ring (bicyclic) bond motifs is 2. The maximum Gasteiger partial charge on any atom is 0.163 e. The molecule has 0 unspecified atom stereocenters. The number of benzene rings is 1. The molecule has 19 heavy (non-hydrogen) atoms. The molecule has 0 aromatic heterocycles. The first-order valence-corrected chi connectivity index (χ1v) is 6.97. The van der Waals surface area contributed by atoms with E-state index in [1.807, 2.05) is 12.1 Å². The van der Waals surface area contributed by atoms with Crippen LogP contribution in [0.25, 0.3) is 5.57 Å². The largest absolute Gasteiger partial charge is 0.497 e. The van der Waals surface area contributed by atoms with Gasteiger partial charge in [0.25, 0.3) is 0 Å². The summed E-state index contributed by atoms with van der Waals surface area (Å²) in [5.41, 5.74) is 4.88. The van der Waals surface area contributed by atoms with Gasteiger partial charge < -0.3 is 4.74 Å². The van der Waals surface area contributed by atoms with Crippen LogP contribution in [0.4, 0.5) is 0 Å². The number of hydrogen-bond acceptors (Lipinski definition) is 2. The highest BCUT2D eigenvalue weighted by atomic mass is 16.5. The second-order valence-corrected chi connectivity index (χ2v) is 6.18. The Labute approximate surface area is 114 Å². The first-order chi connectivity index (χ1) is 9.03. The molecule has 100 valence electrons. The highest BCUT2D eigenvalue weighted by Gasteiger charge is 2.37. The molecule has 0 fully saturated rings.